The second-order valence-electron chi connectivity index (χ2n) is 5.23. The largest absolute Gasteiger partial charge is 0.505 e. The van der Waals surface area contributed by atoms with Gasteiger partial charge in [0.25, 0.3) is 5.82 Å². The normalized spacial score (nSPS) is 10.8. The molecule has 21 heavy (non-hydrogen) atoms. The van der Waals surface area contributed by atoms with Gasteiger partial charge in [0.1, 0.15) is 32.1 Å². The highest BCUT2D eigenvalue weighted by Gasteiger charge is 2.20. The quantitative estimate of drug-likeness (QED) is 0.657. The first-order valence-corrected chi connectivity index (χ1v) is 7.06. The standard InChI is InChI=1S/C16H20N2O3/c1-13(2)15-17(10-11-21-16(19)20)8-9-18(15)12-14-6-4-3-5-7-14/h3-9,13H,10-12H2,1-2H3/p+1. The van der Waals surface area contributed by atoms with Crippen LogP contribution in [0.15, 0.2) is 42.7 Å². The van der Waals surface area contributed by atoms with E-state index < -0.39 is 6.16 Å². The van der Waals surface area contributed by atoms with Crippen molar-refractivity contribution in [1.29, 1.82) is 0 Å². The molecule has 1 N–H and O–H groups in total. The van der Waals surface area contributed by atoms with Crippen molar-refractivity contribution >= 4 is 6.16 Å². The molecule has 0 unspecified atom stereocenters. The molecule has 1 aromatic heterocycles. The van der Waals surface area contributed by atoms with Gasteiger partial charge in [-0.15, -0.1) is 0 Å². The predicted octanol–water partition coefficient (Wildman–Crippen LogP) is 2.64. The minimum atomic E-state index is -1.23. The number of imidazole rings is 1. The molecule has 0 aliphatic heterocycles. The molecule has 0 saturated heterocycles. The number of rotatable bonds is 6. The average molecular weight is 289 g/mol. The van der Waals surface area contributed by atoms with Crippen LogP contribution in [0.4, 0.5) is 4.79 Å². The van der Waals surface area contributed by atoms with Crippen LogP contribution in [0.1, 0.15) is 31.2 Å². The van der Waals surface area contributed by atoms with E-state index in [-0.39, 0.29) is 6.61 Å². The van der Waals surface area contributed by atoms with E-state index in [4.69, 9.17) is 5.11 Å². The summed E-state index contributed by atoms with van der Waals surface area (Å²) in [7, 11) is 0. The van der Waals surface area contributed by atoms with Crippen molar-refractivity contribution in [3.63, 3.8) is 0 Å². The Morgan fingerprint density at radius 3 is 2.67 bits per heavy atom. The van der Waals surface area contributed by atoms with Gasteiger partial charge in [0.15, 0.2) is 0 Å². The molecule has 0 fully saturated rings. The topological polar surface area (TPSA) is 55.3 Å². The lowest BCUT2D eigenvalue weighted by molar-refractivity contribution is -0.696. The monoisotopic (exact) mass is 289 g/mol. The number of carboxylic acid groups (broad SMARTS) is 1. The smallest absolute Gasteiger partial charge is 0.450 e. The zero-order chi connectivity index (χ0) is 15.2. The van der Waals surface area contributed by atoms with E-state index in [9.17, 15) is 4.79 Å². The lowest BCUT2D eigenvalue weighted by Gasteiger charge is -2.08. The minimum Gasteiger partial charge on any atom is -0.450 e. The van der Waals surface area contributed by atoms with Crippen LogP contribution >= 0.6 is 0 Å². The molecule has 0 saturated carbocycles. The van der Waals surface area contributed by atoms with Crippen LogP contribution in [0.2, 0.25) is 0 Å². The van der Waals surface area contributed by atoms with Crippen LogP contribution in [-0.2, 0) is 17.8 Å². The number of nitrogens with zero attached hydrogens (tertiary/aromatic N) is 2. The van der Waals surface area contributed by atoms with E-state index in [1.807, 2.05) is 30.6 Å². The Labute approximate surface area is 124 Å². The van der Waals surface area contributed by atoms with E-state index in [0.717, 1.165) is 12.4 Å². The maximum atomic E-state index is 10.4. The number of carbonyl (C=O) groups is 1. The third kappa shape index (κ3) is 4.08. The highest BCUT2D eigenvalue weighted by atomic mass is 16.7. The van der Waals surface area contributed by atoms with E-state index >= 15 is 0 Å². The van der Waals surface area contributed by atoms with Crippen molar-refractivity contribution in [2.75, 3.05) is 6.61 Å². The fourth-order valence-electron chi connectivity index (χ4n) is 2.48. The Morgan fingerprint density at radius 2 is 2.05 bits per heavy atom. The van der Waals surface area contributed by atoms with Crippen molar-refractivity contribution in [3.8, 4) is 0 Å². The molecule has 2 rings (SSSR count). The Morgan fingerprint density at radius 1 is 1.33 bits per heavy atom. The van der Waals surface area contributed by atoms with Gasteiger partial charge in [-0.05, 0) is 5.56 Å². The predicted molar refractivity (Wildman–Crippen MR) is 78.2 cm³/mol. The van der Waals surface area contributed by atoms with Gasteiger partial charge >= 0.3 is 6.16 Å². The summed E-state index contributed by atoms with van der Waals surface area (Å²) >= 11 is 0. The summed E-state index contributed by atoms with van der Waals surface area (Å²) in [6.07, 6.45) is 2.78. The summed E-state index contributed by atoms with van der Waals surface area (Å²) in [5.41, 5.74) is 1.24. The molecule has 2 aromatic rings. The van der Waals surface area contributed by atoms with Gasteiger partial charge in [-0.2, -0.15) is 0 Å². The zero-order valence-electron chi connectivity index (χ0n) is 12.4. The molecule has 1 heterocycles. The number of ether oxygens (including phenoxy) is 1. The third-order valence-corrected chi connectivity index (χ3v) is 3.28. The first-order chi connectivity index (χ1) is 10.1. The molecule has 0 amide bonds. The number of hydrogen-bond acceptors (Lipinski definition) is 2. The Hall–Kier alpha value is -2.30. The molecule has 5 heteroatoms. The van der Waals surface area contributed by atoms with Crippen molar-refractivity contribution in [3.05, 3.63) is 54.1 Å². The maximum Gasteiger partial charge on any atom is 0.505 e. The fourth-order valence-corrected chi connectivity index (χ4v) is 2.48. The first kappa shape index (κ1) is 15.1. The summed E-state index contributed by atoms with van der Waals surface area (Å²) in [6, 6.07) is 10.3. The molecule has 1 aromatic carbocycles. The summed E-state index contributed by atoms with van der Waals surface area (Å²) in [6.45, 7) is 5.76. The van der Waals surface area contributed by atoms with Gasteiger partial charge in [-0.25, -0.2) is 13.9 Å². The Balaban J connectivity index is 2.14. The number of aromatic nitrogens is 2. The fraction of sp³-hybridized carbons (Fsp3) is 0.375. The summed E-state index contributed by atoms with van der Waals surface area (Å²) in [5.74, 6) is 1.50. The van der Waals surface area contributed by atoms with Crippen LogP contribution in [0.25, 0.3) is 0 Å². The van der Waals surface area contributed by atoms with Crippen LogP contribution in [0.3, 0.4) is 0 Å². The van der Waals surface area contributed by atoms with Gasteiger partial charge in [-0.3, -0.25) is 0 Å². The highest BCUT2D eigenvalue weighted by Crippen LogP contribution is 2.11. The second kappa shape index (κ2) is 6.92. The molecule has 5 nitrogen and oxygen atoms in total. The molecular weight excluding hydrogens is 268 g/mol. The van der Waals surface area contributed by atoms with Crippen molar-refractivity contribution in [2.24, 2.45) is 0 Å². The van der Waals surface area contributed by atoms with Crippen molar-refractivity contribution in [1.82, 2.24) is 4.57 Å². The van der Waals surface area contributed by atoms with Gasteiger partial charge in [0.2, 0.25) is 0 Å². The summed E-state index contributed by atoms with van der Waals surface area (Å²) < 4.78 is 8.84. The third-order valence-electron chi connectivity index (χ3n) is 3.28. The van der Waals surface area contributed by atoms with Crippen molar-refractivity contribution < 1.29 is 19.2 Å². The van der Waals surface area contributed by atoms with Gasteiger partial charge in [0.05, 0.1) is 5.92 Å². The maximum absolute atomic E-state index is 10.4. The van der Waals surface area contributed by atoms with E-state index in [1.165, 1.54) is 5.56 Å². The molecule has 0 spiro atoms. The van der Waals surface area contributed by atoms with Crippen LogP contribution in [0, 0.1) is 0 Å². The molecule has 0 atom stereocenters. The SMILES string of the molecule is CC(C)c1n(CCOC(=O)O)cc[n+]1Cc1ccccc1. The van der Waals surface area contributed by atoms with Crippen LogP contribution < -0.4 is 4.57 Å². The van der Waals surface area contributed by atoms with Gasteiger partial charge in [0, 0.05) is 0 Å². The lowest BCUT2D eigenvalue weighted by Crippen LogP contribution is -2.38. The second-order valence-corrected chi connectivity index (χ2v) is 5.23. The molecule has 0 aliphatic rings. The number of hydrogen-bond donors (Lipinski definition) is 1. The average Bonchev–Trinajstić information content (AvgIpc) is 2.82. The molecule has 112 valence electrons. The minimum absolute atomic E-state index is 0.162. The van der Waals surface area contributed by atoms with Crippen LogP contribution in [0.5, 0.6) is 0 Å². The Bertz CT molecular complexity index is 591. The summed E-state index contributed by atoms with van der Waals surface area (Å²) in [4.78, 5) is 10.4. The van der Waals surface area contributed by atoms with E-state index in [0.29, 0.717) is 12.5 Å². The number of benzene rings is 1. The molecular formula is C16H21N2O3+. The highest BCUT2D eigenvalue weighted by molar-refractivity contribution is 5.56. The first-order valence-electron chi connectivity index (χ1n) is 7.06. The zero-order valence-corrected chi connectivity index (χ0v) is 12.4. The molecule has 0 aliphatic carbocycles. The molecule has 0 radical (unpaired) electrons. The van der Waals surface area contributed by atoms with E-state index in [1.54, 1.807) is 0 Å². The lowest BCUT2D eigenvalue weighted by atomic mass is 10.2. The van der Waals surface area contributed by atoms with Crippen LogP contribution in [-0.4, -0.2) is 22.4 Å². The molecule has 0 bridgehead atoms. The van der Waals surface area contributed by atoms with Crippen molar-refractivity contribution in [2.45, 2.75) is 32.9 Å². The Kier molecular flexibility index (Phi) is 4.98. The van der Waals surface area contributed by atoms with E-state index in [2.05, 4.69) is 39.9 Å². The summed E-state index contributed by atoms with van der Waals surface area (Å²) in [5, 5.41) is 8.53. The van der Waals surface area contributed by atoms with Gasteiger partial charge in [-0.1, -0.05) is 44.2 Å². The van der Waals surface area contributed by atoms with Gasteiger partial charge < -0.3 is 9.84 Å².